The minimum atomic E-state index is -2.05. The van der Waals surface area contributed by atoms with Crippen LogP contribution in [0.5, 0.6) is 0 Å². The first kappa shape index (κ1) is 31.2. The first-order valence-electron chi connectivity index (χ1n) is 17.8. The normalized spacial score (nSPS) is 15.9. The van der Waals surface area contributed by atoms with E-state index in [1.165, 1.54) is 20.6 Å². The van der Waals surface area contributed by atoms with Crippen LogP contribution >= 0.6 is 11.8 Å². The third-order valence-corrected chi connectivity index (χ3v) is 18.9. The van der Waals surface area contributed by atoms with Crippen molar-refractivity contribution in [1.29, 1.82) is 0 Å². The van der Waals surface area contributed by atoms with Gasteiger partial charge in [0.25, 0.3) is 0 Å². The van der Waals surface area contributed by atoms with Crippen molar-refractivity contribution in [3.63, 3.8) is 0 Å². The maximum absolute atomic E-state index is 5.23. The van der Waals surface area contributed by atoms with Gasteiger partial charge in [-0.05, 0) is 84.3 Å². The Hall–Kier alpha value is -5.57. The zero-order valence-electron chi connectivity index (χ0n) is 29.9. The van der Waals surface area contributed by atoms with Crippen LogP contribution in [0, 0.1) is 0 Å². The van der Waals surface area contributed by atoms with Crippen molar-refractivity contribution in [2.45, 2.75) is 43.8 Å². The number of fused-ring (bicyclic) bond motifs is 11. The van der Waals surface area contributed by atoms with E-state index < -0.39 is 8.07 Å². The quantitative estimate of drug-likeness (QED) is 0.135. The van der Waals surface area contributed by atoms with E-state index in [1.807, 2.05) is 17.8 Å². The summed E-state index contributed by atoms with van der Waals surface area (Å²) < 4.78 is 9.12. The van der Waals surface area contributed by atoms with E-state index in [0.717, 1.165) is 67.1 Å². The molecule has 5 aromatic carbocycles. The molecule has 254 valence electrons. The molecule has 1 aliphatic rings. The van der Waals surface area contributed by atoms with E-state index >= 15 is 0 Å². The molecule has 0 aliphatic carbocycles. The van der Waals surface area contributed by atoms with Crippen LogP contribution in [-0.4, -0.2) is 36.0 Å². The topological polar surface area (TPSA) is 44.5 Å². The Morgan fingerprint density at radius 2 is 1.21 bits per heavy atom. The predicted molar refractivity (Wildman–Crippen MR) is 221 cm³/mol. The lowest BCUT2D eigenvalue weighted by molar-refractivity contribution is 0.703. The Morgan fingerprint density at radius 1 is 0.673 bits per heavy atom. The molecular weight excluding hydrogens is 673 g/mol. The summed E-state index contributed by atoms with van der Waals surface area (Å²) >= 11 is 1.89. The van der Waals surface area contributed by atoms with Gasteiger partial charge in [0, 0.05) is 15.5 Å². The Kier molecular flexibility index (Phi) is 6.58. The highest BCUT2D eigenvalue weighted by molar-refractivity contribution is 8.03. The second-order valence-corrected chi connectivity index (χ2v) is 21.2. The van der Waals surface area contributed by atoms with Crippen molar-refractivity contribution in [2.75, 3.05) is 0 Å². The molecule has 0 bridgehead atoms. The predicted octanol–water partition coefficient (Wildman–Crippen LogP) is 11.4. The summed E-state index contributed by atoms with van der Waals surface area (Å²) in [6, 6.07) is 40.8. The maximum Gasteiger partial charge on any atom is 0.220 e. The van der Waals surface area contributed by atoms with Gasteiger partial charge >= 0.3 is 0 Å². The van der Waals surface area contributed by atoms with Gasteiger partial charge < -0.3 is 0 Å². The average Bonchev–Trinajstić information content (AvgIpc) is 3.88. The number of rotatable bonds is 4. The highest BCUT2D eigenvalue weighted by Crippen LogP contribution is 2.52. The van der Waals surface area contributed by atoms with Crippen LogP contribution in [0.4, 0.5) is 0 Å². The van der Waals surface area contributed by atoms with E-state index in [1.54, 1.807) is 0 Å². The summed E-state index contributed by atoms with van der Waals surface area (Å²) in [7, 11) is -2.05. The van der Waals surface area contributed by atoms with Crippen molar-refractivity contribution in [3.05, 3.63) is 150 Å². The first-order valence-corrected chi connectivity index (χ1v) is 21.6. The maximum atomic E-state index is 5.23. The minimum Gasteiger partial charge on any atom is -0.279 e. The molecule has 0 amide bonds. The largest absolute Gasteiger partial charge is 0.279 e. The van der Waals surface area contributed by atoms with Gasteiger partial charge in [0.2, 0.25) is 11.6 Å². The van der Waals surface area contributed by atoms with E-state index in [-0.39, 0.29) is 5.04 Å². The number of hydrogen-bond donors (Lipinski definition) is 0. The highest BCUT2D eigenvalue weighted by atomic mass is 32.2. The van der Waals surface area contributed by atoms with Crippen LogP contribution in [0.2, 0.25) is 13.1 Å². The summed E-state index contributed by atoms with van der Waals surface area (Å²) in [6.45, 7) is 17.0. The van der Waals surface area contributed by atoms with Crippen LogP contribution in [0.25, 0.3) is 67.1 Å². The van der Waals surface area contributed by atoms with Gasteiger partial charge in [0.05, 0.1) is 57.9 Å². The zero-order chi connectivity index (χ0) is 35.5. The van der Waals surface area contributed by atoms with Gasteiger partial charge in [0.15, 0.2) is 0 Å². The van der Waals surface area contributed by atoms with Gasteiger partial charge in [-0.25, -0.2) is 9.97 Å². The van der Waals surface area contributed by atoms with E-state index in [4.69, 9.17) is 9.97 Å². The number of thioether (sulfide) groups is 1. The molecule has 6 nitrogen and oxygen atoms in total. The number of benzene rings is 5. The molecule has 0 fully saturated rings. The van der Waals surface area contributed by atoms with E-state index in [9.17, 15) is 0 Å². The monoisotopic (exact) mass is 710 g/mol. The summed E-state index contributed by atoms with van der Waals surface area (Å²) in [5.74, 6) is 1.80. The van der Waals surface area contributed by atoms with Crippen molar-refractivity contribution in [2.24, 2.45) is 0 Å². The average molecular weight is 711 g/mol. The fraction of sp³-hybridized carbons (Fsp3) is 0.136. The molecule has 8 heteroatoms. The number of hydrogen-bond acceptors (Lipinski definition) is 3. The molecular formula is C44H38N6SSi. The summed E-state index contributed by atoms with van der Waals surface area (Å²) in [6.07, 6.45) is 4.49. The molecule has 0 spiro atoms. The molecule has 0 N–H and O–H groups in total. The summed E-state index contributed by atoms with van der Waals surface area (Å²) in [5, 5.41) is 1.44. The van der Waals surface area contributed by atoms with Crippen molar-refractivity contribution < 1.29 is 0 Å². The highest BCUT2D eigenvalue weighted by Gasteiger charge is 2.46. The molecule has 0 unspecified atom stereocenters. The molecule has 0 saturated carbocycles. The number of para-hydroxylation sites is 8. The molecule has 5 heterocycles. The Labute approximate surface area is 307 Å². The number of nitrogens with zero attached hydrogens (tertiary/aromatic N) is 6. The minimum absolute atomic E-state index is 0.0415. The lowest BCUT2D eigenvalue weighted by atomic mass is 10.0. The van der Waals surface area contributed by atoms with Crippen LogP contribution in [-0.2, 0) is 5.04 Å². The summed E-state index contributed by atoms with van der Waals surface area (Å²) in [5.41, 5.74) is 12.1. The molecule has 1 aliphatic heterocycles. The van der Waals surface area contributed by atoms with Crippen LogP contribution in [0.1, 0.15) is 26.3 Å². The molecule has 0 atom stereocenters. The molecule has 0 radical (unpaired) electrons. The lowest BCUT2D eigenvalue weighted by Gasteiger charge is -2.41. The smallest absolute Gasteiger partial charge is 0.220 e. The van der Waals surface area contributed by atoms with Crippen LogP contribution in [0.15, 0.2) is 149 Å². The molecule has 4 aromatic heterocycles. The Balaban J connectivity index is 1.16. The summed E-state index contributed by atoms with van der Waals surface area (Å²) in [4.78, 5) is 12.9. The lowest BCUT2D eigenvalue weighted by Crippen LogP contribution is -2.49. The van der Waals surface area contributed by atoms with E-state index in [2.05, 4.69) is 180 Å². The first-order chi connectivity index (χ1) is 25.2. The van der Waals surface area contributed by atoms with Crippen LogP contribution in [0.3, 0.4) is 0 Å². The third kappa shape index (κ3) is 4.13. The van der Waals surface area contributed by atoms with Gasteiger partial charge in [-0.15, -0.1) is 0 Å². The number of allylic oxidation sites excluding steroid dienone is 4. The fourth-order valence-corrected chi connectivity index (χ4v) is 13.0. The fourth-order valence-electron chi connectivity index (χ4n) is 8.23. The Bertz CT molecular complexity index is 3030. The molecule has 0 saturated heterocycles. The standard InChI is InChI=1S/C44H38N6SSi/c1-28(47-35-21-11-12-22-36(35)48-33-19-9-7-17-31(33)45-42(47)48)26-27-40-29(2)52(5,6)44(3,4)30-16-15-25-39(41(30)51-40)50-38-24-14-13-23-37(38)49-34-20-10-8-18-32(34)46-43(49)50/h7-27H,1H2,2-6H3/b27-26-. The second-order valence-electron chi connectivity index (χ2n) is 14.9. The molecule has 52 heavy (non-hydrogen) atoms. The number of imidazole rings is 4. The van der Waals surface area contributed by atoms with Gasteiger partial charge in [-0.2, -0.15) is 0 Å². The van der Waals surface area contributed by atoms with Gasteiger partial charge in [-0.3, -0.25) is 17.9 Å². The molecule has 9 aromatic rings. The third-order valence-electron chi connectivity index (χ3n) is 11.9. The van der Waals surface area contributed by atoms with Crippen molar-refractivity contribution >= 4 is 81.2 Å². The van der Waals surface area contributed by atoms with Crippen LogP contribution < -0.4 is 0 Å². The van der Waals surface area contributed by atoms with Gasteiger partial charge in [-0.1, -0.05) is 111 Å². The zero-order valence-corrected chi connectivity index (χ0v) is 31.7. The van der Waals surface area contributed by atoms with Crippen molar-refractivity contribution in [3.8, 4) is 5.69 Å². The SMILES string of the molecule is C=C(/C=C\C1=C(C)[Si](C)(C)C(C)(C)c2cccc(-n3c4ccccc4n4c5ccccc5nc34)c2S1)n1c2ccccc2n2c3ccccc3nc12. The second kappa shape index (κ2) is 11.0. The molecule has 10 rings (SSSR count). The van der Waals surface area contributed by atoms with Gasteiger partial charge in [0.1, 0.15) is 0 Å². The number of aromatic nitrogens is 6. The Morgan fingerprint density at radius 3 is 1.88 bits per heavy atom. The van der Waals surface area contributed by atoms with Crippen molar-refractivity contribution in [1.82, 2.24) is 27.9 Å². The van der Waals surface area contributed by atoms with E-state index in [0.29, 0.717) is 0 Å².